The molecule has 1 amide bonds. The summed E-state index contributed by atoms with van der Waals surface area (Å²) in [5.41, 5.74) is -1.79. The van der Waals surface area contributed by atoms with Gasteiger partial charge in [0.1, 0.15) is 42.7 Å². The topological polar surface area (TPSA) is 306 Å². The molecule has 0 radical (unpaired) electrons. The van der Waals surface area contributed by atoms with Crippen LogP contribution in [0.1, 0.15) is 14.5 Å². The van der Waals surface area contributed by atoms with Crippen molar-refractivity contribution in [3.8, 4) is 0 Å². The second kappa shape index (κ2) is 12.3. The van der Waals surface area contributed by atoms with E-state index in [0.717, 1.165) is 19.2 Å². The van der Waals surface area contributed by atoms with Crippen molar-refractivity contribution in [2.45, 2.75) is 62.1 Å². The van der Waals surface area contributed by atoms with E-state index >= 15 is 0 Å². The third-order valence-corrected chi connectivity index (χ3v) is 7.95. The van der Waals surface area contributed by atoms with Crippen LogP contribution < -0.4 is 16.6 Å². The molecule has 1 aromatic heterocycles. The lowest BCUT2D eigenvalue weighted by Gasteiger charge is -2.42. The summed E-state index contributed by atoms with van der Waals surface area (Å²) in [6.45, 7) is -1.21. The average Bonchev–Trinajstić information content (AvgIpc) is 3.10. The van der Waals surface area contributed by atoms with E-state index in [1.807, 2.05) is 10.3 Å². The molecular formula is C17H27N3O17P2. The standard InChI is InChI=1S/C17H27N3O17P2/c1-6(22)18-10-13(26)11(24)7(4-21)35-16(10)36-39(31,32)37-38(29,30)33-5-8-12(25)14(27)15(34-8)20-3-2-9(23)19-17(20)28/h2-3,7-8,10-16,21,24-27H,4-5H2,1H3,(H,18,22)(H,29,30)(H,31,32)(H,19,23,28)/t7?,8-,10?,11?,12-,13?,14-,15-,16?/m1/s1/i16T. The Balaban J connectivity index is 1.70. The van der Waals surface area contributed by atoms with Gasteiger partial charge in [-0.25, -0.2) is 13.9 Å². The zero-order valence-corrected chi connectivity index (χ0v) is 21.5. The zero-order valence-electron chi connectivity index (χ0n) is 20.7. The Bertz CT molecular complexity index is 1290. The molecule has 2 aliphatic rings. The van der Waals surface area contributed by atoms with Crippen molar-refractivity contribution >= 4 is 21.6 Å². The first-order valence-electron chi connectivity index (χ1n) is 11.4. The molecule has 0 aliphatic carbocycles. The Morgan fingerprint density at radius 2 is 1.74 bits per heavy atom. The molecule has 3 heterocycles. The average molecular weight is 609 g/mol. The predicted molar refractivity (Wildman–Crippen MR) is 120 cm³/mol. The molecule has 39 heavy (non-hydrogen) atoms. The summed E-state index contributed by atoms with van der Waals surface area (Å²) in [6.07, 6.45) is -15.0. The molecule has 9 N–H and O–H groups in total. The Labute approximate surface area is 218 Å². The van der Waals surface area contributed by atoms with E-state index in [4.69, 9.17) is 10.8 Å². The van der Waals surface area contributed by atoms with Crippen molar-refractivity contribution in [3.63, 3.8) is 0 Å². The van der Waals surface area contributed by atoms with Crippen molar-refractivity contribution in [2.24, 2.45) is 0 Å². The molecule has 1 aromatic rings. The molecule has 0 saturated carbocycles. The van der Waals surface area contributed by atoms with Crippen LogP contribution in [0.2, 0.25) is 0 Å². The minimum atomic E-state index is -5.88. The van der Waals surface area contributed by atoms with Gasteiger partial charge in [-0.15, -0.1) is 0 Å². The quantitative estimate of drug-likeness (QED) is 0.113. The highest BCUT2D eigenvalue weighted by atomic mass is 31.3. The van der Waals surface area contributed by atoms with Crippen LogP contribution in [-0.4, -0.2) is 113 Å². The van der Waals surface area contributed by atoms with Crippen LogP contribution in [0.5, 0.6) is 0 Å². The van der Waals surface area contributed by atoms with Crippen molar-refractivity contribution in [2.75, 3.05) is 13.2 Å². The lowest BCUT2D eigenvalue weighted by Crippen LogP contribution is -2.64. The minimum Gasteiger partial charge on any atom is -0.394 e. The Morgan fingerprint density at radius 1 is 1.10 bits per heavy atom. The van der Waals surface area contributed by atoms with Gasteiger partial charge in [-0.3, -0.25) is 28.2 Å². The number of ether oxygens (including phenoxy) is 2. The minimum absolute atomic E-state index is 0.703. The van der Waals surface area contributed by atoms with Crippen LogP contribution in [0.4, 0.5) is 0 Å². The maximum atomic E-state index is 12.5. The van der Waals surface area contributed by atoms with E-state index in [2.05, 4.69) is 13.4 Å². The van der Waals surface area contributed by atoms with Gasteiger partial charge in [0.15, 0.2) is 12.5 Å². The third kappa shape index (κ3) is 7.66. The molecule has 2 saturated heterocycles. The number of rotatable bonds is 10. The number of H-pyrrole nitrogens is 1. The van der Waals surface area contributed by atoms with Crippen LogP contribution in [0.15, 0.2) is 21.9 Å². The van der Waals surface area contributed by atoms with E-state index in [-0.39, 0.29) is 0 Å². The smallest absolute Gasteiger partial charge is 0.394 e. The number of amides is 1. The van der Waals surface area contributed by atoms with Gasteiger partial charge in [-0.1, -0.05) is 0 Å². The van der Waals surface area contributed by atoms with E-state index < -0.39 is 101 Å². The van der Waals surface area contributed by atoms with E-state index in [9.17, 15) is 58.8 Å². The Hall–Kier alpha value is -1.87. The molecule has 2 fully saturated rings. The fraction of sp³-hybridized carbons (Fsp3) is 0.706. The molecular weight excluding hydrogens is 580 g/mol. The molecule has 20 nitrogen and oxygen atoms in total. The number of phosphoric acid groups is 2. The number of nitrogens with zero attached hydrogens (tertiary/aromatic N) is 1. The monoisotopic (exact) mass is 609 g/mol. The zero-order chi connectivity index (χ0) is 30.2. The lowest BCUT2D eigenvalue weighted by atomic mass is 9.97. The van der Waals surface area contributed by atoms with Gasteiger partial charge in [0.25, 0.3) is 5.56 Å². The number of hydrogen-bond donors (Lipinski definition) is 9. The summed E-state index contributed by atoms with van der Waals surface area (Å²) in [7, 11) is -11.5. The first-order chi connectivity index (χ1) is 18.4. The van der Waals surface area contributed by atoms with Gasteiger partial charge in [-0.05, 0) is 0 Å². The first-order valence-corrected chi connectivity index (χ1v) is 13.9. The van der Waals surface area contributed by atoms with Crippen molar-refractivity contribution < 1.29 is 73.4 Å². The fourth-order valence-electron chi connectivity index (χ4n) is 3.61. The molecule has 11 atom stereocenters. The highest BCUT2D eigenvalue weighted by Gasteiger charge is 2.50. The summed E-state index contributed by atoms with van der Waals surface area (Å²) < 4.78 is 57.1. The van der Waals surface area contributed by atoms with Gasteiger partial charge < -0.3 is 50.1 Å². The molecule has 0 spiro atoms. The molecule has 0 bridgehead atoms. The number of nitrogens with one attached hydrogen (secondary N) is 2. The van der Waals surface area contributed by atoms with Crippen LogP contribution in [-0.2, 0) is 36.8 Å². The molecule has 22 heteroatoms. The van der Waals surface area contributed by atoms with Crippen molar-refractivity contribution in [1.82, 2.24) is 14.9 Å². The van der Waals surface area contributed by atoms with E-state index in [0.29, 0.717) is 4.57 Å². The normalized spacial score (nSPS) is 38.4. The summed E-state index contributed by atoms with van der Waals surface area (Å²) in [5.74, 6) is -0.924. The molecule has 3 rings (SSSR count). The molecule has 0 aromatic carbocycles. The fourth-order valence-corrected chi connectivity index (χ4v) is 5.70. The van der Waals surface area contributed by atoms with Gasteiger partial charge in [-0.2, -0.15) is 4.31 Å². The highest BCUT2D eigenvalue weighted by molar-refractivity contribution is 7.61. The number of hydrogen-bond acceptors (Lipinski definition) is 15. The van der Waals surface area contributed by atoms with Gasteiger partial charge in [0, 0.05) is 19.2 Å². The maximum Gasteiger partial charge on any atom is 0.483 e. The first kappa shape index (κ1) is 30.1. The highest BCUT2D eigenvalue weighted by Crippen LogP contribution is 2.61. The number of aliphatic hydroxyl groups excluding tert-OH is 5. The van der Waals surface area contributed by atoms with Crippen LogP contribution in [0, 0.1) is 0 Å². The number of aromatic nitrogens is 2. The molecule has 7 unspecified atom stereocenters. The van der Waals surface area contributed by atoms with Gasteiger partial charge >= 0.3 is 21.3 Å². The van der Waals surface area contributed by atoms with Gasteiger partial charge in [0.2, 0.25) is 5.91 Å². The summed E-state index contributed by atoms with van der Waals surface area (Å²) in [5, 5.41) is 51.9. The summed E-state index contributed by atoms with van der Waals surface area (Å²) in [4.78, 5) is 56.6. The number of carbonyl (C=O) groups is 1. The Kier molecular flexibility index (Phi) is 9.52. The van der Waals surface area contributed by atoms with Crippen molar-refractivity contribution in [1.29, 1.82) is 0 Å². The lowest BCUT2D eigenvalue weighted by molar-refractivity contribution is -0.247. The second-order valence-electron chi connectivity index (χ2n) is 8.29. The SMILES string of the molecule is [3H]C1(OP(=O)(O)OP(=O)(O)OC[C@H]2O[C@@H](n3ccc(=O)[nH]c3=O)[C@H](O)[C@@H]2O)OC(CO)C(O)C(O)C1NC(C)=O. The Morgan fingerprint density at radius 3 is 2.33 bits per heavy atom. The van der Waals surface area contributed by atoms with Gasteiger partial charge in [0.05, 0.1) is 14.6 Å². The summed E-state index contributed by atoms with van der Waals surface area (Å²) in [6, 6.07) is -1.17. The predicted octanol–water partition coefficient (Wildman–Crippen LogP) is -4.65. The van der Waals surface area contributed by atoms with Crippen LogP contribution in [0.25, 0.3) is 0 Å². The largest absolute Gasteiger partial charge is 0.483 e. The second-order valence-corrected chi connectivity index (χ2v) is 11.3. The van der Waals surface area contributed by atoms with E-state index in [1.165, 1.54) is 0 Å². The van der Waals surface area contributed by atoms with Crippen LogP contribution in [0.3, 0.4) is 0 Å². The van der Waals surface area contributed by atoms with Crippen LogP contribution >= 0.6 is 15.6 Å². The third-order valence-electron chi connectivity index (χ3n) is 5.41. The number of carbonyl (C=O) groups excluding carboxylic acids is 1. The van der Waals surface area contributed by atoms with E-state index in [1.54, 1.807) is 0 Å². The van der Waals surface area contributed by atoms with Crippen molar-refractivity contribution in [3.05, 3.63) is 33.1 Å². The maximum absolute atomic E-state index is 12.5. The number of phosphoric ester groups is 2. The molecule has 222 valence electrons. The summed E-state index contributed by atoms with van der Waals surface area (Å²) >= 11 is 0. The molecule has 2 aliphatic heterocycles. The number of aromatic amines is 1. The number of aliphatic hydroxyl groups is 5.